The van der Waals surface area contributed by atoms with Crippen molar-refractivity contribution < 1.29 is 14.3 Å². The Morgan fingerprint density at radius 1 is 1.27 bits per heavy atom. The van der Waals surface area contributed by atoms with E-state index in [1.54, 1.807) is 7.11 Å². The van der Waals surface area contributed by atoms with E-state index >= 15 is 0 Å². The zero-order chi connectivity index (χ0) is 11.4. The fraction of sp³-hybridized carbons (Fsp3) is 0.900. The van der Waals surface area contributed by atoms with Crippen LogP contribution < -0.4 is 10.6 Å². The van der Waals surface area contributed by atoms with Crippen LogP contribution in [0, 0.1) is 0 Å². The maximum absolute atomic E-state index is 11.0. The van der Waals surface area contributed by atoms with Gasteiger partial charge in [0.2, 0.25) is 5.91 Å². The molecule has 5 heteroatoms. The summed E-state index contributed by atoms with van der Waals surface area (Å²) < 4.78 is 10.1. The third-order valence-corrected chi connectivity index (χ3v) is 1.73. The number of carbonyl (C=O) groups excluding carboxylic acids is 1. The lowest BCUT2D eigenvalue weighted by atomic mass is 10.4. The van der Waals surface area contributed by atoms with E-state index < -0.39 is 0 Å². The highest BCUT2D eigenvalue weighted by Gasteiger charge is 1.96. The number of ether oxygens (including phenoxy) is 2. The quantitative estimate of drug-likeness (QED) is 0.497. The molecule has 0 saturated heterocycles. The van der Waals surface area contributed by atoms with Gasteiger partial charge in [-0.1, -0.05) is 0 Å². The molecule has 0 aromatic heterocycles. The van der Waals surface area contributed by atoms with Gasteiger partial charge in [-0.25, -0.2) is 0 Å². The zero-order valence-corrected chi connectivity index (χ0v) is 9.67. The van der Waals surface area contributed by atoms with Crippen LogP contribution >= 0.6 is 0 Å². The average molecular weight is 218 g/mol. The van der Waals surface area contributed by atoms with E-state index in [4.69, 9.17) is 9.47 Å². The SMILES string of the molecule is CCNC(=O)CNCCCOCCOC. The van der Waals surface area contributed by atoms with E-state index in [1.807, 2.05) is 6.92 Å². The fourth-order valence-corrected chi connectivity index (χ4v) is 1.01. The third kappa shape index (κ3) is 11.3. The van der Waals surface area contributed by atoms with Crippen LogP contribution in [0.3, 0.4) is 0 Å². The molecule has 0 radical (unpaired) electrons. The molecule has 0 fully saturated rings. The molecule has 90 valence electrons. The minimum atomic E-state index is 0.0396. The van der Waals surface area contributed by atoms with Gasteiger partial charge in [0.15, 0.2) is 0 Å². The van der Waals surface area contributed by atoms with Crippen molar-refractivity contribution in [1.82, 2.24) is 10.6 Å². The van der Waals surface area contributed by atoms with Crippen LogP contribution in [0.15, 0.2) is 0 Å². The highest BCUT2D eigenvalue weighted by atomic mass is 16.5. The summed E-state index contributed by atoms with van der Waals surface area (Å²) in [7, 11) is 1.65. The van der Waals surface area contributed by atoms with E-state index in [0.717, 1.165) is 13.0 Å². The summed E-state index contributed by atoms with van der Waals surface area (Å²) in [5.74, 6) is 0.0396. The number of carbonyl (C=O) groups is 1. The van der Waals surface area contributed by atoms with Crippen molar-refractivity contribution in [2.24, 2.45) is 0 Å². The average Bonchev–Trinajstić information content (AvgIpc) is 2.22. The Bertz CT molecular complexity index is 154. The van der Waals surface area contributed by atoms with Crippen molar-refractivity contribution >= 4 is 5.91 Å². The van der Waals surface area contributed by atoms with Gasteiger partial charge in [-0.15, -0.1) is 0 Å². The Labute approximate surface area is 91.5 Å². The summed E-state index contributed by atoms with van der Waals surface area (Å²) in [6.45, 7) is 5.73. The number of nitrogens with one attached hydrogen (secondary N) is 2. The lowest BCUT2D eigenvalue weighted by Crippen LogP contribution is -2.34. The number of methoxy groups -OCH3 is 1. The summed E-state index contributed by atoms with van der Waals surface area (Å²) in [6, 6.07) is 0. The molecule has 0 spiro atoms. The first kappa shape index (κ1) is 14.3. The van der Waals surface area contributed by atoms with Gasteiger partial charge in [0.05, 0.1) is 19.8 Å². The van der Waals surface area contributed by atoms with Crippen molar-refractivity contribution in [1.29, 1.82) is 0 Å². The third-order valence-electron chi connectivity index (χ3n) is 1.73. The van der Waals surface area contributed by atoms with Gasteiger partial charge in [0.1, 0.15) is 0 Å². The zero-order valence-electron chi connectivity index (χ0n) is 9.67. The van der Waals surface area contributed by atoms with Gasteiger partial charge in [-0.2, -0.15) is 0 Å². The maximum Gasteiger partial charge on any atom is 0.233 e. The Balaban J connectivity index is 3.01. The van der Waals surface area contributed by atoms with Crippen LogP contribution in [0.4, 0.5) is 0 Å². The normalized spacial score (nSPS) is 10.3. The molecule has 1 amide bonds. The highest BCUT2D eigenvalue weighted by Crippen LogP contribution is 1.81. The first-order valence-electron chi connectivity index (χ1n) is 5.35. The molecule has 0 atom stereocenters. The van der Waals surface area contributed by atoms with Gasteiger partial charge in [0, 0.05) is 20.3 Å². The first-order chi connectivity index (χ1) is 7.31. The second-order valence-electron chi connectivity index (χ2n) is 3.09. The molecule has 15 heavy (non-hydrogen) atoms. The molecule has 0 aliphatic carbocycles. The summed E-state index contributed by atoms with van der Waals surface area (Å²) >= 11 is 0. The van der Waals surface area contributed by atoms with Crippen molar-refractivity contribution in [3.05, 3.63) is 0 Å². The van der Waals surface area contributed by atoms with Gasteiger partial charge in [-0.3, -0.25) is 4.79 Å². The second-order valence-corrected chi connectivity index (χ2v) is 3.09. The number of hydrogen-bond donors (Lipinski definition) is 2. The van der Waals surface area contributed by atoms with Gasteiger partial charge in [-0.05, 0) is 19.9 Å². The van der Waals surface area contributed by atoms with Crippen molar-refractivity contribution in [3.63, 3.8) is 0 Å². The molecular formula is C10H22N2O3. The fourth-order valence-electron chi connectivity index (χ4n) is 1.01. The number of rotatable bonds is 10. The van der Waals surface area contributed by atoms with Gasteiger partial charge < -0.3 is 20.1 Å². The summed E-state index contributed by atoms with van der Waals surface area (Å²) in [5.41, 5.74) is 0. The minimum absolute atomic E-state index is 0.0396. The number of hydrogen-bond acceptors (Lipinski definition) is 4. The lowest BCUT2D eigenvalue weighted by Gasteiger charge is -2.05. The largest absolute Gasteiger partial charge is 0.382 e. The van der Waals surface area contributed by atoms with E-state index in [2.05, 4.69) is 10.6 Å². The molecule has 0 unspecified atom stereocenters. The van der Waals surface area contributed by atoms with E-state index in [9.17, 15) is 4.79 Å². The van der Waals surface area contributed by atoms with Crippen LogP contribution in [-0.2, 0) is 14.3 Å². The van der Waals surface area contributed by atoms with Crippen LogP contribution in [0.25, 0.3) is 0 Å². The lowest BCUT2D eigenvalue weighted by molar-refractivity contribution is -0.120. The highest BCUT2D eigenvalue weighted by molar-refractivity contribution is 5.77. The molecule has 0 bridgehead atoms. The molecule has 5 nitrogen and oxygen atoms in total. The van der Waals surface area contributed by atoms with Crippen molar-refractivity contribution in [2.45, 2.75) is 13.3 Å². The van der Waals surface area contributed by atoms with Crippen molar-refractivity contribution in [2.75, 3.05) is 46.6 Å². The predicted octanol–water partition coefficient (Wildman–Crippen LogP) is -0.235. The molecule has 0 heterocycles. The molecular weight excluding hydrogens is 196 g/mol. The molecule has 0 aliphatic heterocycles. The number of amides is 1. The molecule has 0 aromatic carbocycles. The molecule has 0 saturated carbocycles. The topological polar surface area (TPSA) is 59.6 Å². The molecule has 0 aromatic rings. The summed E-state index contributed by atoms with van der Waals surface area (Å²) in [4.78, 5) is 11.0. The minimum Gasteiger partial charge on any atom is -0.382 e. The van der Waals surface area contributed by atoms with E-state index in [-0.39, 0.29) is 5.91 Å². The van der Waals surface area contributed by atoms with E-state index in [0.29, 0.717) is 32.9 Å². The maximum atomic E-state index is 11.0. The molecule has 0 aliphatic rings. The van der Waals surface area contributed by atoms with Crippen molar-refractivity contribution in [3.8, 4) is 0 Å². The first-order valence-corrected chi connectivity index (χ1v) is 5.35. The van der Waals surface area contributed by atoms with Crippen LogP contribution in [0.5, 0.6) is 0 Å². The smallest absolute Gasteiger partial charge is 0.233 e. The second kappa shape index (κ2) is 11.4. The van der Waals surface area contributed by atoms with Gasteiger partial charge in [0.25, 0.3) is 0 Å². The van der Waals surface area contributed by atoms with E-state index in [1.165, 1.54) is 0 Å². The predicted molar refractivity (Wildman–Crippen MR) is 58.9 cm³/mol. The van der Waals surface area contributed by atoms with Crippen LogP contribution in [0.2, 0.25) is 0 Å². The summed E-state index contributed by atoms with van der Waals surface area (Å²) in [5, 5.41) is 5.75. The standard InChI is InChI=1S/C10H22N2O3/c1-3-12-10(13)9-11-5-4-6-15-8-7-14-2/h11H,3-9H2,1-2H3,(H,12,13). The Morgan fingerprint density at radius 2 is 2.07 bits per heavy atom. The van der Waals surface area contributed by atoms with Crippen LogP contribution in [-0.4, -0.2) is 52.5 Å². The Morgan fingerprint density at radius 3 is 2.73 bits per heavy atom. The molecule has 0 rings (SSSR count). The number of likely N-dealkylation sites (N-methyl/N-ethyl adjacent to an activating group) is 1. The summed E-state index contributed by atoms with van der Waals surface area (Å²) in [6.07, 6.45) is 0.906. The van der Waals surface area contributed by atoms with Gasteiger partial charge >= 0.3 is 0 Å². The Hall–Kier alpha value is -0.650. The Kier molecular flexibility index (Phi) is 10.9. The monoisotopic (exact) mass is 218 g/mol. The molecule has 2 N–H and O–H groups in total. The van der Waals surface area contributed by atoms with Crippen LogP contribution in [0.1, 0.15) is 13.3 Å².